The van der Waals surface area contributed by atoms with Gasteiger partial charge in [-0.1, -0.05) is 30.3 Å². The van der Waals surface area contributed by atoms with Crippen molar-refractivity contribution >= 4 is 21.7 Å². The van der Waals surface area contributed by atoms with Crippen LogP contribution < -0.4 is 0 Å². The molecule has 1 atom stereocenters. The fourth-order valence-electron chi connectivity index (χ4n) is 5.88. The molecular weight excluding hydrogens is 614 g/mol. The van der Waals surface area contributed by atoms with E-state index in [9.17, 15) is 58.2 Å². The summed E-state index contributed by atoms with van der Waals surface area (Å²) in [4.78, 5) is 25.3. The lowest BCUT2D eigenvalue weighted by molar-refractivity contribution is -0.348. The number of amides is 1. The van der Waals surface area contributed by atoms with E-state index in [2.05, 4.69) is 0 Å². The van der Waals surface area contributed by atoms with Crippen LogP contribution in [0.25, 0.3) is 0 Å². The zero-order chi connectivity index (χ0) is 32.2. The summed E-state index contributed by atoms with van der Waals surface area (Å²) in [6.07, 6.45) is -12.2. The number of alkyl halides is 7. The Labute approximate surface area is 241 Å². The van der Waals surface area contributed by atoms with Gasteiger partial charge in [-0.05, 0) is 62.3 Å². The molecule has 0 bridgehead atoms. The van der Waals surface area contributed by atoms with Gasteiger partial charge in [-0.2, -0.15) is 26.3 Å². The minimum atomic E-state index is -6.38. The summed E-state index contributed by atoms with van der Waals surface area (Å²) >= 11 is 0. The van der Waals surface area contributed by atoms with E-state index in [-0.39, 0.29) is 61.9 Å². The molecule has 0 aromatic heterocycles. The third-order valence-corrected chi connectivity index (χ3v) is 11.0. The number of hydrogen-bond acceptors (Lipinski definition) is 4. The summed E-state index contributed by atoms with van der Waals surface area (Å²) in [5.74, 6) is -3.62. The fraction of sp³-hybridized carbons (Fsp3) is 0.500. The Morgan fingerprint density at radius 3 is 1.91 bits per heavy atom. The smallest absolute Gasteiger partial charge is 0.435 e. The molecule has 236 valence electrons. The van der Waals surface area contributed by atoms with Crippen molar-refractivity contribution in [2.75, 3.05) is 13.1 Å². The predicted octanol–water partition coefficient (Wildman–Crippen LogP) is 6.22. The molecule has 4 rings (SSSR count). The number of carbonyl (C=O) groups excluding carboxylic acids is 1. The predicted molar refractivity (Wildman–Crippen MR) is 136 cm³/mol. The van der Waals surface area contributed by atoms with Gasteiger partial charge in [0.2, 0.25) is 5.91 Å². The zero-order valence-corrected chi connectivity index (χ0v) is 23.4. The maximum atomic E-state index is 14.7. The van der Waals surface area contributed by atoms with Crippen molar-refractivity contribution in [3.8, 4) is 0 Å². The molecule has 2 aliphatic rings. The Morgan fingerprint density at radius 1 is 0.884 bits per heavy atom. The van der Waals surface area contributed by atoms with E-state index in [0.29, 0.717) is 12.1 Å². The SMILES string of the molecule is Cc1ccc(S(=O)(=O)C2(c3ccc(C(F)(C(F)(F)F)C(F)(F)F)cc3)CCN(C(=O)C3CCC(C(=O)O)CC3)C2)cc1F. The molecule has 1 amide bonds. The molecule has 1 heterocycles. The van der Waals surface area contributed by atoms with Gasteiger partial charge in [0.25, 0.3) is 0 Å². The highest BCUT2D eigenvalue weighted by Crippen LogP contribution is 2.54. The van der Waals surface area contributed by atoms with E-state index < -0.39 is 79.1 Å². The third-order valence-electron chi connectivity index (χ3n) is 8.53. The van der Waals surface area contributed by atoms with E-state index in [0.717, 1.165) is 12.1 Å². The molecule has 1 saturated carbocycles. The van der Waals surface area contributed by atoms with E-state index in [4.69, 9.17) is 0 Å². The molecule has 2 fully saturated rings. The van der Waals surface area contributed by atoms with Crippen LogP contribution in [0, 0.1) is 24.6 Å². The summed E-state index contributed by atoms with van der Waals surface area (Å²) in [5.41, 5.74) is -7.76. The van der Waals surface area contributed by atoms with E-state index >= 15 is 0 Å². The van der Waals surface area contributed by atoms with Crippen LogP contribution in [0.1, 0.15) is 48.8 Å². The first-order valence-corrected chi connectivity index (χ1v) is 14.7. The van der Waals surface area contributed by atoms with Crippen molar-refractivity contribution in [2.45, 2.75) is 66.7 Å². The molecule has 1 aliphatic heterocycles. The van der Waals surface area contributed by atoms with Gasteiger partial charge in [0.1, 0.15) is 10.6 Å². The maximum absolute atomic E-state index is 14.7. The maximum Gasteiger partial charge on any atom is 0.435 e. The summed E-state index contributed by atoms with van der Waals surface area (Å²) in [6, 6.07) is 4.73. The highest BCUT2D eigenvalue weighted by molar-refractivity contribution is 7.92. The van der Waals surface area contributed by atoms with Crippen molar-refractivity contribution in [1.29, 1.82) is 0 Å². The van der Waals surface area contributed by atoms with Crippen LogP contribution in [0.5, 0.6) is 0 Å². The average molecular weight is 642 g/mol. The monoisotopic (exact) mass is 641 g/mol. The van der Waals surface area contributed by atoms with Crippen molar-refractivity contribution in [3.63, 3.8) is 0 Å². The average Bonchev–Trinajstić information content (AvgIpc) is 3.40. The van der Waals surface area contributed by atoms with Gasteiger partial charge >= 0.3 is 24.0 Å². The number of rotatable bonds is 6. The molecular formula is C28H27F8NO5S. The Balaban J connectivity index is 1.77. The molecule has 2 aromatic carbocycles. The second-order valence-electron chi connectivity index (χ2n) is 11.0. The van der Waals surface area contributed by atoms with Gasteiger partial charge in [-0.25, -0.2) is 17.2 Å². The largest absolute Gasteiger partial charge is 0.481 e. The number of aliphatic carboxylic acids is 1. The number of carboxylic acids is 1. The standard InChI is InChI=1S/C28H27F8NO5S/c1-16-2-11-21(14-22(16)29)43(41,42)25(12-13-37(15-25)23(38)17-3-5-18(6-4-17)24(39)40)19-7-9-20(10-8-19)26(30,27(31,32)33)28(34,35)36/h2,7-11,14,17-18H,3-6,12-13,15H2,1H3,(H,39,40). The minimum Gasteiger partial charge on any atom is -0.481 e. The molecule has 1 N–H and O–H groups in total. The highest BCUT2D eigenvalue weighted by Gasteiger charge is 2.73. The van der Waals surface area contributed by atoms with Crippen LogP contribution in [0.4, 0.5) is 35.1 Å². The summed E-state index contributed by atoms with van der Waals surface area (Å²) in [6.45, 7) is 0.631. The number of hydrogen-bond donors (Lipinski definition) is 1. The summed E-state index contributed by atoms with van der Waals surface area (Å²) in [7, 11) is -4.66. The number of likely N-dealkylation sites (tertiary alicyclic amines) is 1. The van der Waals surface area contributed by atoms with Crippen LogP contribution in [0.3, 0.4) is 0 Å². The quantitative estimate of drug-likeness (QED) is 0.379. The first kappa shape index (κ1) is 32.7. The van der Waals surface area contributed by atoms with E-state index in [1.54, 1.807) is 0 Å². The second kappa shape index (κ2) is 11.0. The van der Waals surface area contributed by atoms with Crippen molar-refractivity contribution in [1.82, 2.24) is 4.90 Å². The Hall–Kier alpha value is -3.23. The Morgan fingerprint density at radius 2 is 1.42 bits per heavy atom. The van der Waals surface area contributed by atoms with Gasteiger partial charge in [0.15, 0.2) is 9.84 Å². The van der Waals surface area contributed by atoms with Gasteiger partial charge in [-0.15, -0.1) is 0 Å². The molecule has 0 radical (unpaired) electrons. The number of nitrogens with zero attached hydrogens (tertiary/aromatic N) is 1. The lowest BCUT2D eigenvalue weighted by Gasteiger charge is -2.33. The summed E-state index contributed by atoms with van der Waals surface area (Å²) in [5, 5.41) is 9.23. The molecule has 1 saturated heterocycles. The second-order valence-corrected chi connectivity index (χ2v) is 13.3. The number of aryl methyl sites for hydroxylation is 1. The number of halogens is 8. The number of carbonyl (C=O) groups is 2. The van der Waals surface area contributed by atoms with Crippen LogP contribution >= 0.6 is 0 Å². The first-order valence-electron chi connectivity index (χ1n) is 13.2. The molecule has 1 aliphatic carbocycles. The number of benzene rings is 2. The molecule has 15 heteroatoms. The summed E-state index contributed by atoms with van der Waals surface area (Å²) < 4.78 is 135. The normalized spacial score (nSPS) is 23.8. The topological polar surface area (TPSA) is 91.8 Å². The molecule has 6 nitrogen and oxygen atoms in total. The van der Waals surface area contributed by atoms with Gasteiger partial charge in [0, 0.05) is 24.6 Å². The van der Waals surface area contributed by atoms with Gasteiger partial charge in [-0.3, -0.25) is 9.59 Å². The van der Waals surface area contributed by atoms with Gasteiger partial charge in [0.05, 0.1) is 10.8 Å². The van der Waals surface area contributed by atoms with Crippen molar-refractivity contribution in [3.05, 3.63) is 65.0 Å². The highest BCUT2D eigenvalue weighted by atomic mass is 32.2. The molecule has 0 spiro atoms. The van der Waals surface area contributed by atoms with Crippen LogP contribution in [-0.2, 0) is 29.8 Å². The lowest BCUT2D eigenvalue weighted by atomic mass is 9.81. The number of carboxylic acid groups (broad SMARTS) is 1. The lowest BCUT2D eigenvalue weighted by Crippen LogP contribution is -2.50. The first-order chi connectivity index (χ1) is 19.8. The van der Waals surface area contributed by atoms with Crippen molar-refractivity contribution < 1.29 is 58.2 Å². The molecule has 2 aromatic rings. The molecule has 43 heavy (non-hydrogen) atoms. The van der Waals surface area contributed by atoms with Gasteiger partial charge < -0.3 is 10.0 Å². The van der Waals surface area contributed by atoms with E-state index in [1.165, 1.54) is 17.9 Å². The number of sulfone groups is 1. The van der Waals surface area contributed by atoms with E-state index in [1.807, 2.05) is 0 Å². The Bertz CT molecular complexity index is 1480. The van der Waals surface area contributed by atoms with Crippen LogP contribution in [-0.4, -0.2) is 55.7 Å². The van der Waals surface area contributed by atoms with Crippen molar-refractivity contribution in [2.24, 2.45) is 11.8 Å². The Kier molecular flexibility index (Phi) is 8.39. The van der Waals surface area contributed by atoms with Crippen LogP contribution in [0.15, 0.2) is 47.4 Å². The third kappa shape index (κ3) is 5.48. The fourth-order valence-corrected chi connectivity index (χ4v) is 7.97. The van der Waals surface area contributed by atoms with Crippen LogP contribution in [0.2, 0.25) is 0 Å². The zero-order valence-electron chi connectivity index (χ0n) is 22.6. The minimum absolute atomic E-state index is 0.108. The molecule has 1 unspecified atom stereocenters.